The van der Waals surface area contributed by atoms with E-state index >= 15 is 0 Å². The van der Waals surface area contributed by atoms with Gasteiger partial charge in [0.05, 0.1) is 0 Å². The zero-order chi connectivity index (χ0) is 19.3. The quantitative estimate of drug-likeness (QED) is 0.430. The maximum Gasteiger partial charge on any atom is 0.130 e. The summed E-state index contributed by atoms with van der Waals surface area (Å²) >= 11 is 5.94. The van der Waals surface area contributed by atoms with Crippen molar-refractivity contribution in [2.24, 2.45) is 0 Å². The molecule has 0 saturated heterocycles. The van der Waals surface area contributed by atoms with Crippen LogP contribution in [0.15, 0.2) is 90.8 Å². The van der Waals surface area contributed by atoms with Gasteiger partial charge in [-0.2, -0.15) is 0 Å². The van der Waals surface area contributed by atoms with Gasteiger partial charge < -0.3 is 4.74 Å². The summed E-state index contributed by atoms with van der Waals surface area (Å²) in [7, 11) is 0. The summed E-state index contributed by atoms with van der Waals surface area (Å²) in [4.78, 5) is 0. The molecule has 138 valence electrons. The van der Waals surface area contributed by atoms with Crippen LogP contribution in [0.5, 0.6) is 11.5 Å². The Labute approximate surface area is 165 Å². The fraction of sp³-hybridized carbons (Fsp3) is 0.167. The molecule has 27 heavy (non-hydrogen) atoms. The molecule has 0 radical (unpaired) electrons. The van der Waals surface area contributed by atoms with Crippen molar-refractivity contribution in [3.8, 4) is 11.5 Å². The monoisotopic (exact) mass is 380 g/mol. The van der Waals surface area contributed by atoms with E-state index in [1.165, 1.54) is 0 Å². The van der Waals surface area contributed by atoms with Crippen molar-refractivity contribution >= 4 is 11.6 Å². The fourth-order valence-electron chi connectivity index (χ4n) is 2.85. The SMILES string of the molecule is CC(C)(C(F)=CCc1ccccc1Oc1ccccc1)c1ccc(Cl)cc1. The zero-order valence-electron chi connectivity index (χ0n) is 15.5. The van der Waals surface area contributed by atoms with E-state index in [-0.39, 0.29) is 5.83 Å². The van der Waals surface area contributed by atoms with Gasteiger partial charge in [0.1, 0.15) is 17.3 Å². The number of benzene rings is 3. The summed E-state index contributed by atoms with van der Waals surface area (Å²) in [6.45, 7) is 3.74. The summed E-state index contributed by atoms with van der Waals surface area (Å²) < 4.78 is 21.0. The smallest absolute Gasteiger partial charge is 0.130 e. The third kappa shape index (κ3) is 4.78. The third-order valence-corrected chi connectivity index (χ3v) is 4.86. The van der Waals surface area contributed by atoms with Crippen LogP contribution >= 0.6 is 11.6 Å². The van der Waals surface area contributed by atoms with Gasteiger partial charge in [-0.1, -0.05) is 60.1 Å². The van der Waals surface area contributed by atoms with Crippen LogP contribution in [0.3, 0.4) is 0 Å². The van der Waals surface area contributed by atoms with E-state index in [2.05, 4.69) is 0 Å². The van der Waals surface area contributed by atoms with Gasteiger partial charge in [-0.3, -0.25) is 0 Å². The molecule has 3 rings (SSSR count). The Morgan fingerprint density at radius 2 is 1.56 bits per heavy atom. The van der Waals surface area contributed by atoms with Crippen LogP contribution in [-0.4, -0.2) is 0 Å². The van der Waals surface area contributed by atoms with Crippen LogP contribution in [0.25, 0.3) is 0 Å². The Morgan fingerprint density at radius 1 is 0.926 bits per heavy atom. The Balaban J connectivity index is 1.80. The van der Waals surface area contributed by atoms with E-state index in [0.717, 1.165) is 22.6 Å². The number of hydrogen-bond acceptors (Lipinski definition) is 1. The van der Waals surface area contributed by atoms with Crippen molar-refractivity contribution in [2.75, 3.05) is 0 Å². The third-order valence-electron chi connectivity index (χ3n) is 4.61. The average molecular weight is 381 g/mol. The molecule has 0 N–H and O–H groups in total. The van der Waals surface area contributed by atoms with Crippen LogP contribution in [0, 0.1) is 0 Å². The second kappa shape index (κ2) is 8.41. The van der Waals surface area contributed by atoms with Crippen molar-refractivity contribution < 1.29 is 9.13 Å². The summed E-state index contributed by atoms with van der Waals surface area (Å²) in [5.74, 6) is 1.31. The second-order valence-corrected chi connectivity index (χ2v) is 7.35. The molecule has 0 aromatic heterocycles. The predicted octanol–water partition coefficient (Wildman–Crippen LogP) is 7.51. The fourth-order valence-corrected chi connectivity index (χ4v) is 2.97. The number of ether oxygens (including phenoxy) is 1. The highest BCUT2D eigenvalue weighted by atomic mass is 35.5. The van der Waals surface area contributed by atoms with Gasteiger partial charge in [0.15, 0.2) is 0 Å². The molecule has 0 aliphatic heterocycles. The van der Waals surface area contributed by atoms with Gasteiger partial charge in [-0.05, 0) is 67.8 Å². The molecule has 0 fully saturated rings. The first-order valence-corrected chi connectivity index (χ1v) is 9.27. The Hall–Kier alpha value is -2.58. The lowest BCUT2D eigenvalue weighted by Crippen LogP contribution is -2.18. The van der Waals surface area contributed by atoms with Gasteiger partial charge in [0.25, 0.3) is 0 Å². The van der Waals surface area contributed by atoms with Gasteiger partial charge in [-0.25, -0.2) is 4.39 Å². The molecular formula is C24H22ClFO. The minimum atomic E-state index is -0.722. The maximum absolute atomic E-state index is 15.0. The average Bonchev–Trinajstić information content (AvgIpc) is 2.68. The van der Waals surface area contributed by atoms with Gasteiger partial charge in [0, 0.05) is 10.4 Å². The highest BCUT2D eigenvalue weighted by Crippen LogP contribution is 2.34. The number of rotatable bonds is 6. The molecule has 3 aromatic rings. The van der Waals surface area contributed by atoms with Crippen molar-refractivity contribution in [3.63, 3.8) is 0 Å². The second-order valence-electron chi connectivity index (χ2n) is 6.91. The van der Waals surface area contributed by atoms with E-state index in [1.807, 2.05) is 80.6 Å². The molecular weight excluding hydrogens is 359 g/mol. The van der Waals surface area contributed by atoms with Crippen LogP contribution < -0.4 is 4.74 Å². The van der Waals surface area contributed by atoms with Gasteiger partial charge in [0.2, 0.25) is 0 Å². The number of halogens is 2. The molecule has 3 aromatic carbocycles. The predicted molar refractivity (Wildman–Crippen MR) is 110 cm³/mol. The van der Waals surface area contributed by atoms with E-state index in [0.29, 0.717) is 11.4 Å². The molecule has 0 amide bonds. The van der Waals surface area contributed by atoms with E-state index < -0.39 is 5.41 Å². The summed E-state index contributed by atoms with van der Waals surface area (Å²) in [5, 5.41) is 0.644. The number of para-hydroxylation sites is 2. The minimum absolute atomic E-state index is 0.181. The normalized spacial score (nSPS) is 12.1. The molecule has 3 heteroatoms. The van der Waals surface area contributed by atoms with Gasteiger partial charge in [-0.15, -0.1) is 0 Å². The van der Waals surface area contributed by atoms with Crippen LogP contribution in [0.1, 0.15) is 25.0 Å². The highest BCUT2D eigenvalue weighted by Gasteiger charge is 2.26. The van der Waals surface area contributed by atoms with E-state index in [1.54, 1.807) is 18.2 Å². The molecule has 0 atom stereocenters. The van der Waals surface area contributed by atoms with E-state index in [4.69, 9.17) is 16.3 Å². The Kier molecular flexibility index (Phi) is 5.98. The lowest BCUT2D eigenvalue weighted by atomic mass is 9.83. The first-order valence-electron chi connectivity index (χ1n) is 8.90. The molecule has 0 bridgehead atoms. The molecule has 0 unspecified atom stereocenters. The first-order chi connectivity index (χ1) is 13.0. The van der Waals surface area contributed by atoms with Crippen molar-refractivity contribution in [1.29, 1.82) is 0 Å². The number of allylic oxidation sites excluding steroid dienone is 2. The summed E-state index contributed by atoms with van der Waals surface area (Å²) in [6, 6.07) is 24.6. The summed E-state index contributed by atoms with van der Waals surface area (Å²) in [5.41, 5.74) is 1.10. The van der Waals surface area contributed by atoms with Gasteiger partial charge >= 0.3 is 0 Å². The van der Waals surface area contributed by atoms with Crippen molar-refractivity contribution in [2.45, 2.75) is 25.7 Å². The molecule has 0 aliphatic carbocycles. The van der Waals surface area contributed by atoms with Crippen LogP contribution in [-0.2, 0) is 11.8 Å². The molecule has 0 aliphatic rings. The lowest BCUT2D eigenvalue weighted by molar-refractivity contribution is 0.453. The van der Waals surface area contributed by atoms with Crippen molar-refractivity contribution in [1.82, 2.24) is 0 Å². The topological polar surface area (TPSA) is 9.23 Å². The largest absolute Gasteiger partial charge is 0.457 e. The van der Waals surface area contributed by atoms with E-state index in [9.17, 15) is 4.39 Å². The molecule has 0 heterocycles. The first kappa shape index (κ1) is 19.2. The highest BCUT2D eigenvalue weighted by molar-refractivity contribution is 6.30. The zero-order valence-corrected chi connectivity index (χ0v) is 16.2. The molecule has 0 spiro atoms. The Morgan fingerprint density at radius 3 is 2.26 bits per heavy atom. The lowest BCUT2D eigenvalue weighted by Gasteiger charge is -2.23. The Bertz CT molecular complexity index is 915. The van der Waals surface area contributed by atoms with Crippen LogP contribution in [0.2, 0.25) is 5.02 Å². The van der Waals surface area contributed by atoms with Crippen LogP contribution in [0.4, 0.5) is 4.39 Å². The maximum atomic E-state index is 15.0. The number of hydrogen-bond donors (Lipinski definition) is 0. The standard InChI is InChI=1S/C24H22ClFO/c1-24(2,19-13-15-20(25)16-14-19)23(26)17-12-18-8-6-7-11-22(18)27-21-9-4-3-5-10-21/h3-11,13-17H,12H2,1-2H3. The molecule has 1 nitrogen and oxygen atoms in total. The van der Waals surface area contributed by atoms with Crippen molar-refractivity contribution in [3.05, 3.63) is 107 Å². The summed E-state index contributed by atoms with van der Waals surface area (Å²) in [6.07, 6.45) is 2.08. The minimum Gasteiger partial charge on any atom is -0.457 e. The molecule has 0 saturated carbocycles.